The molecule has 2 aromatic carbocycles. The lowest BCUT2D eigenvalue weighted by molar-refractivity contribution is -0.125. The Morgan fingerprint density at radius 3 is 2.36 bits per heavy atom. The van der Waals surface area contributed by atoms with Crippen LogP contribution in [-0.2, 0) is 19.6 Å². The molecule has 0 bridgehead atoms. The third-order valence-corrected chi connectivity index (χ3v) is 5.18. The van der Waals surface area contributed by atoms with Crippen molar-refractivity contribution in [2.24, 2.45) is 0 Å². The first kappa shape index (κ1) is 17.2. The largest absolute Gasteiger partial charge is 0.497 e. The Labute approximate surface area is 146 Å². The Balaban J connectivity index is 1.76. The topological polar surface area (TPSA) is 84.9 Å². The van der Waals surface area contributed by atoms with E-state index in [1.54, 1.807) is 48.4 Å². The molecule has 0 spiro atoms. The maximum atomic E-state index is 12.5. The summed E-state index contributed by atoms with van der Waals surface area (Å²) in [6.45, 7) is 0.957. The highest BCUT2D eigenvalue weighted by molar-refractivity contribution is 7.92. The van der Waals surface area contributed by atoms with Gasteiger partial charge in [0, 0.05) is 17.9 Å². The Morgan fingerprint density at radius 1 is 1.08 bits per heavy atom. The van der Waals surface area contributed by atoms with Gasteiger partial charge in [-0.15, -0.1) is 0 Å². The van der Waals surface area contributed by atoms with Gasteiger partial charge in [0.25, 0.3) is 15.9 Å². The van der Waals surface area contributed by atoms with Crippen LogP contribution in [0, 0.1) is 0 Å². The van der Waals surface area contributed by atoms with E-state index in [2.05, 4.69) is 4.72 Å². The van der Waals surface area contributed by atoms with Crippen molar-refractivity contribution >= 4 is 27.3 Å². The number of hydrogen-bond acceptors (Lipinski definition) is 5. The molecule has 25 heavy (non-hydrogen) atoms. The van der Waals surface area contributed by atoms with Gasteiger partial charge in [-0.25, -0.2) is 8.42 Å². The summed E-state index contributed by atoms with van der Waals surface area (Å²) in [6, 6.07) is 12.8. The van der Waals surface area contributed by atoms with Gasteiger partial charge < -0.3 is 14.4 Å². The lowest BCUT2D eigenvalue weighted by Gasteiger charge is -2.26. The Morgan fingerprint density at radius 2 is 1.76 bits per heavy atom. The number of amides is 1. The van der Waals surface area contributed by atoms with Crippen LogP contribution in [0.3, 0.4) is 0 Å². The van der Waals surface area contributed by atoms with Crippen LogP contribution in [0.4, 0.5) is 11.4 Å². The molecule has 7 nitrogen and oxygen atoms in total. The maximum Gasteiger partial charge on any atom is 0.261 e. The number of carbonyl (C=O) groups excluding carboxylic acids is 1. The molecule has 1 aliphatic rings. The lowest BCUT2D eigenvalue weighted by atomic mass is 10.2. The maximum absolute atomic E-state index is 12.5. The fourth-order valence-corrected chi connectivity index (χ4v) is 3.53. The Hall–Kier alpha value is -2.58. The van der Waals surface area contributed by atoms with Crippen molar-refractivity contribution in [1.82, 2.24) is 0 Å². The van der Waals surface area contributed by atoms with Crippen LogP contribution in [-0.4, -0.2) is 41.2 Å². The number of hydrogen-bond donors (Lipinski definition) is 1. The lowest BCUT2D eigenvalue weighted by Crippen LogP contribution is -2.41. The molecule has 1 aliphatic heterocycles. The van der Waals surface area contributed by atoms with Crippen LogP contribution in [0.5, 0.6) is 5.75 Å². The summed E-state index contributed by atoms with van der Waals surface area (Å²) in [7, 11) is -2.17. The third-order valence-electron chi connectivity index (χ3n) is 3.79. The molecule has 0 radical (unpaired) electrons. The van der Waals surface area contributed by atoms with Crippen molar-refractivity contribution in [2.75, 3.05) is 36.5 Å². The molecule has 132 valence electrons. The first-order chi connectivity index (χ1) is 12.0. The number of ether oxygens (including phenoxy) is 2. The molecule has 0 atom stereocenters. The highest BCUT2D eigenvalue weighted by Gasteiger charge is 2.21. The smallest absolute Gasteiger partial charge is 0.261 e. The van der Waals surface area contributed by atoms with Gasteiger partial charge in [-0.2, -0.15) is 0 Å². The van der Waals surface area contributed by atoms with E-state index in [0.717, 1.165) is 0 Å². The molecule has 3 rings (SSSR count). The number of carbonyl (C=O) groups is 1. The molecule has 0 unspecified atom stereocenters. The monoisotopic (exact) mass is 362 g/mol. The highest BCUT2D eigenvalue weighted by atomic mass is 32.2. The zero-order chi connectivity index (χ0) is 17.9. The number of nitrogens with one attached hydrogen (secondary N) is 1. The number of rotatable bonds is 5. The van der Waals surface area contributed by atoms with Gasteiger partial charge >= 0.3 is 0 Å². The molecule has 1 heterocycles. The average molecular weight is 362 g/mol. The molecular weight excluding hydrogens is 344 g/mol. The first-order valence-electron chi connectivity index (χ1n) is 7.65. The molecule has 1 amide bonds. The molecular formula is C17H18N2O5S. The van der Waals surface area contributed by atoms with Gasteiger partial charge in [-0.05, 0) is 48.5 Å². The standard InChI is InChI=1S/C17H18N2O5S/c1-23-15-6-2-13(3-7-15)18-25(21,22)16-8-4-14(5-9-16)19-10-11-24-12-17(19)20/h2-9,18H,10-12H2,1H3. The van der Waals surface area contributed by atoms with Gasteiger partial charge in [-0.3, -0.25) is 9.52 Å². The normalized spacial score (nSPS) is 15.1. The van der Waals surface area contributed by atoms with Crippen molar-refractivity contribution in [3.8, 4) is 5.75 Å². The number of morpholine rings is 1. The summed E-state index contributed by atoms with van der Waals surface area (Å²) in [4.78, 5) is 13.5. The quantitative estimate of drug-likeness (QED) is 0.878. The second kappa shape index (κ2) is 7.12. The van der Waals surface area contributed by atoms with Gasteiger partial charge in [0.1, 0.15) is 12.4 Å². The van der Waals surface area contributed by atoms with Crippen LogP contribution in [0.15, 0.2) is 53.4 Å². The molecule has 0 aromatic heterocycles. The second-order valence-corrected chi connectivity index (χ2v) is 7.11. The fourth-order valence-electron chi connectivity index (χ4n) is 2.47. The fraction of sp³-hybridized carbons (Fsp3) is 0.235. The number of nitrogens with zero attached hydrogens (tertiary/aromatic N) is 1. The average Bonchev–Trinajstić information content (AvgIpc) is 2.63. The predicted octanol–water partition coefficient (Wildman–Crippen LogP) is 1.86. The third kappa shape index (κ3) is 3.92. The van der Waals surface area contributed by atoms with Crippen molar-refractivity contribution in [2.45, 2.75) is 4.90 Å². The molecule has 1 saturated heterocycles. The molecule has 8 heteroatoms. The van der Waals surface area contributed by atoms with E-state index in [-0.39, 0.29) is 17.4 Å². The first-order valence-corrected chi connectivity index (χ1v) is 9.13. The summed E-state index contributed by atoms with van der Waals surface area (Å²) < 4.78 is 37.6. The number of anilines is 2. The minimum Gasteiger partial charge on any atom is -0.497 e. The number of sulfonamides is 1. The zero-order valence-corrected chi connectivity index (χ0v) is 14.5. The Kier molecular flexibility index (Phi) is 4.91. The summed E-state index contributed by atoms with van der Waals surface area (Å²) in [5, 5.41) is 0. The van der Waals surface area contributed by atoms with Crippen molar-refractivity contribution in [3.63, 3.8) is 0 Å². The van der Waals surface area contributed by atoms with Crippen LogP contribution >= 0.6 is 0 Å². The molecule has 2 aromatic rings. The van der Waals surface area contributed by atoms with E-state index < -0.39 is 10.0 Å². The van der Waals surface area contributed by atoms with E-state index in [1.807, 2.05) is 0 Å². The van der Waals surface area contributed by atoms with Crippen molar-refractivity contribution < 1.29 is 22.7 Å². The summed E-state index contributed by atoms with van der Waals surface area (Å²) in [5.41, 5.74) is 1.09. The van der Waals surface area contributed by atoms with E-state index in [9.17, 15) is 13.2 Å². The predicted molar refractivity (Wildman–Crippen MR) is 93.4 cm³/mol. The van der Waals surface area contributed by atoms with E-state index in [0.29, 0.717) is 30.3 Å². The van der Waals surface area contributed by atoms with E-state index in [1.165, 1.54) is 12.1 Å². The van der Waals surface area contributed by atoms with Gasteiger partial charge in [0.2, 0.25) is 0 Å². The molecule has 0 saturated carbocycles. The van der Waals surface area contributed by atoms with Crippen molar-refractivity contribution in [1.29, 1.82) is 0 Å². The van der Waals surface area contributed by atoms with Crippen LogP contribution < -0.4 is 14.4 Å². The molecule has 0 aliphatic carbocycles. The van der Waals surface area contributed by atoms with Crippen LogP contribution in [0.1, 0.15) is 0 Å². The zero-order valence-electron chi connectivity index (χ0n) is 13.6. The highest BCUT2D eigenvalue weighted by Crippen LogP contribution is 2.22. The summed E-state index contributed by atoms with van der Waals surface area (Å²) >= 11 is 0. The van der Waals surface area contributed by atoms with Gasteiger partial charge in [0.15, 0.2) is 0 Å². The molecule has 1 N–H and O–H groups in total. The Bertz CT molecular complexity index is 848. The minimum absolute atomic E-state index is 0.0407. The SMILES string of the molecule is COc1ccc(NS(=O)(=O)c2ccc(N3CCOCC3=O)cc2)cc1. The minimum atomic E-state index is -3.71. The number of methoxy groups -OCH3 is 1. The second-order valence-electron chi connectivity index (χ2n) is 5.43. The van der Waals surface area contributed by atoms with E-state index in [4.69, 9.17) is 9.47 Å². The van der Waals surface area contributed by atoms with E-state index >= 15 is 0 Å². The van der Waals surface area contributed by atoms with Crippen LogP contribution in [0.25, 0.3) is 0 Å². The summed E-state index contributed by atoms with van der Waals surface area (Å²) in [6.07, 6.45) is 0. The number of benzene rings is 2. The van der Waals surface area contributed by atoms with Gasteiger partial charge in [-0.1, -0.05) is 0 Å². The molecule has 1 fully saturated rings. The van der Waals surface area contributed by atoms with Gasteiger partial charge in [0.05, 0.1) is 18.6 Å². The van der Waals surface area contributed by atoms with Crippen molar-refractivity contribution in [3.05, 3.63) is 48.5 Å². The summed E-state index contributed by atoms with van der Waals surface area (Å²) in [5.74, 6) is 0.501. The van der Waals surface area contributed by atoms with Crippen LogP contribution in [0.2, 0.25) is 0 Å².